The third-order valence-corrected chi connectivity index (χ3v) is 4.95. The van der Waals surface area contributed by atoms with Gasteiger partial charge in [-0.15, -0.1) is 11.3 Å². The Morgan fingerprint density at radius 2 is 2.05 bits per heavy atom. The fourth-order valence-electron chi connectivity index (χ4n) is 2.51. The van der Waals surface area contributed by atoms with Crippen LogP contribution in [0.5, 0.6) is 0 Å². The minimum Gasteiger partial charge on any atom is -0.383 e. The van der Waals surface area contributed by atoms with E-state index in [0.29, 0.717) is 29.9 Å². The van der Waals surface area contributed by atoms with Gasteiger partial charge >= 0.3 is 5.69 Å². The lowest BCUT2D eigenvalue weighted by Crippen LogP contribution is -2.41. The molecule has 0 aromatic carbocycles. The van der Waals surface area contributed by atoms with Crippen molar-refractivity contribution in [3.05, 3.63) is 31.3 Å². The number of hydrogen-bond donors (Lipinski definition) is 2. The van der Waals surface area contributed by atoms with Crippen molar-refractivity contribution in [3.63, 3.8) is 0 Å². The number of ether oxygens (including phenoxy) is 1. The number of fused-ring (bicyclic) bond motifs is 1. The quantitative estimate of drug-likeness (QED) is 0.603. The van der Waals surface area contributed by atoms with Gasteiger partial charge in [0.1, 0.15) is 4.83 Å². The summed E-state index contributed by atoms with van der Waals surface area (Å²) in [5.41, 5.74) is 2.96. The SMILES string of the molecule is COCCn1c(=O)n(C(C)C)c(=O)c2c(C)c(CNN)sc21. The fourth-order valence-corrected chi connectivity index (χ4v) is 3.77. The minimum atomic E-state index is -0.293. The van der Waals surface area contributed by atoms with Crippen molar-refractivity contribution in [1.29, 1.82) is 0 Å². The highest BCUT2D eigenvalue weighted by atomic mass is 32.1. The number of methoxy groups -OCH3 is 1. The van der Waals surface area contributed by atoms with Gasteiger partial charge < -0.3 is 4.74 Å². The van der Waals surface area contributed by atoms with Crippen LogP contribution in [0.3, 0.4) is 0 Å². The maximum atomic E-state index is 12.7. The second-order valence-corrected chi connectivity index (χ2v) is 6.49. The van der Waals surface area contributed by atoms with E-state index in [2.05, 4.69) is 5.43 Å². The van der Waals surface area contributed by atoms with Crippen molar-refractivity contribution in [1.82, 2.24) is 14.6 Å². The lowest BCUT2D eigenvalue weighted by molar-refractivity contribution is 0.186. The van der Waals surface area contributed by atoms with E-state index in [1.54, 1.807) is 11.7 Å². The van der Waals surface area contributed by atoms with E-state index in [0.717, 1.165) is 10.4 Å². The van der Waals surface area contributed by atoms with Crippen LogP contribution in [0.25, 0.3) is 10.2 Å². The van der Waals surface area contributed by atoms with Gasteiger partial charge in [-0.25, -0.2) is 4.79 Å². The molecule has 3 N–H and O–H groups in total. The first kappa shape index (κ1) is 16.9. The van der Waals surface area contributed by atoms with Crippen molar-refractivity contribution < 1.29 is 4.74 Å². The van der Waals surface area contributed by atoms with E-state index in [1.807, 2.05) is 20.8 Å². The summed E-state index contributed by atoms with van der Waals surface area (Å²) in [5, 5.41) is 0.597. The molecule has 2 heterocycles. The van der Waals surface area contributed by atoms with Crippen LogP contribution in [0, 0.1) is 6.92 Å². The highest BCUT2D eigenvalue weighted by Gasteiger charge is 2.20. The third kappa shape index (κ3) is 2.74. The number of rotatable bonds is 6. The zero-order chi connectivity index (χ0) is 16.4. The van der Waals surface area contributed by atoms with Crippen LogP contribution in [-0.2, 0) is 17.8 Å². The smallest absolute Gasteiger partial charge is 0.332 e. The average Bonchev–Trinajstić information content (AvgIpc) is 2.76. The van der Waals surface area contributed by atoms with E-state index in [4.69, 9.17) is 10.6 Å². The second kappa shape index (κ2) is 6.74. The number of nitrogens with zero attached hydrogens (tertiary/aromatic N) is 2. The van der Waals surface area contributed by atoms with Crippen molar-refractivity contribution in [2.45, 2.75) is 39.9 Å². The van der Waals surface area contributed by atoms with Gasteiger partial charge in [0.25, 0.3) is 5.56 Å². The van der Waals surface area contributed by atoms with Gasteiger partial charge in [-0.3, -0.25) is 25.2 Å². The van der Waals surface area contributed by atoms with Crippen LogP contribution < -0.4 is 22.5 Å². The van der Waals surface area contributed by atoms with Gasteiger partial charge in [0.05, 0.1) is 18.5 Å². The monoisotopic (exact) mass is 326 g/mol. The van der Waals surface area contributed by atoms with Crippen molar-refractivity contribution in [2.24, 2.45) is 5.84 Å². The molecule has 0 saturated carbocycles. The highest BCUT2D eigenvalue weighted by Crippen LogP contribution is 2.27. The van der Waals surface area contributed by atoms with Crippen molar-refractivity contribution in [3.8, 4) is 0 Å². The number of aryl methyl sites for hydroxylation is 1. The summed E-state index contributed by atoms with van der Waals surface area (Å²) in [6.45, 7) is 6.84. The van der Waals surface area contributed by atoms with Crippen molar-refractivity contribution in [2.75, 3.05) is 13.7 Å². The minimum absolute atomic E-state index is 0.200. The Bertz CT molecular complexity index is 788. The molecule has 0 atom stereocenters. The Labute approximate surface area is 132 Å². The zero-order valence-electron chi connectivity index (χ0n) is 13.3. The number of nitrogens with one attached hydrogen (secondary N) is 1. The van der Waals surface area contributed by atoms with Crippen LogP contribution in [0.2, 0.25) is 0 Å². The molecule has 7 nitrogen and oxygen atoms in total. The number of hydrogen-bond acceptors (Lipinski definition) is 6. The molecule has 0 aliphatic heterocycles. The standard InChI is InChI=1S/C14H22N4O3S/c1-8(2)18-12(19)11-9(3)10(7-16-15)22-13(11)17(14(18)20)5-6-21-4/h8,16H,5-7,15H2,1-4H3. The number of aromatic nitrogens is 2. The predicted octanol–water partition coefficient (Wildman–Crippen LogP) is 0.724. The molecule has 0 spiro atoms. The number of nitrogens with two attached hydrogens (primary N) is 1. The Balaban J connectivity index is 2.87. The topological polar surface area (TPSA) is 91.3 Å². The Morgan fingerprint density at radius 1 is 1.36 bits per heavy atom. The lowest BCUT2D eigenvalue weighted by Gasteiger charge is -2.14. The summed E-state index contributed by atoms with van der Waals surface area (Å²) < 4.78 is 8.02. The Hall–Kier alpha value is -1.48. The summed E-state index contributed by atoms with van der Waals surface area (Å²) >= 11 is 1.43. The molecule has 0 radical (unpaired) electrons. The van der Waals surface area contributed by atoms with Crippen LogP contribution in [0.4, 0.5) is 0 Å². The van der Waals surface area contributed by atoms with Gasteiger partial charge in [-0.1, -0.05) is 0 Å². The average molecular weight is 326 g/mol. The fraction of sp³-hybridized carbons (Fsp3) is 0.571. The first-order valence-corrected chi connectivity index (χ1v) is 7.95. The molecule has 8 heteroatoms. The van der Waals surface area contributed by atoms with Crippen LogP contribution in [0.15, 0.2) is 9.59 Å². The van der Waals surface area contributed by atoms with Gasteiger partial charge in [0, 0.05) is 24.6 Å². The summed E-state index contributed by atoms with van der Waals surface area (Å²) in [7, 11) is 1.59. The van der Waals surface area contributed by atoms with Crippen molar-refractivity contribution >= 4 is 21.6 Å². The molecule has 2 rings (SSSR count). The zero-order valence-corrected chi connectivity index (χ0v) is 14.1. The van der Waals surface area contributed by atoms with E-state index >= 15 is 0 Å². The molecule has 0 aliphatic carbocycles. The third-order valence-electron chi connectivity index (χ3n) is 3.64. The molecule has 0 amide bonds. The summed E-state index contributed by atoms with van der Waals surface area (Å²) in [6, 6.07) is -0.200. The molecule has 0 aliphatic rings. The molecule has 2 aromatic heterocycles. The molecule has 2 aromatic rings. The van der Waals surface area contributed by atoms with Crippen LogP contribution in [-0.4, -0.2) is 22.9 Å². The molecule has 0 unspecified atom stereocenters. The van der Waals surface area contributed by atoms with E-state index in [-0.39, 0.29) is 17.3 Å². The molecule has 0 fully saturated rings. The normalized spacial score (nSPS) is 11.7. The first-order chi connectivity index (χ1) is 10.4. The van der Waals surface area contributed by atoms with Crippen LogP contribution in [0.1, 0.15) is 30.3 Å². The summed E-state index contributed by atoms with van der Waals surface area (Å²) in [5.74, 6) is 5.40. The number of thiophene rings is 1. The largest absolute Gasteiger partial charge is 0.383 e. The molecule has 0 saturated heterocycles. The van der Waals surface area contributed by atoms with E-state index in [1.165, 1.54) is 15.9 Å². The second-order valence-electron chi connectivity index (χ2n) is 5.41. The van der Waals surface area contributed by atoms with Crippen LogP contribution >= 0.6 is 11.3 Å². The van der Waals surface area contributed by atoms with E-state index < -0.39 is 0 Å². The molecular formula is C14H22N4O3S. The van der Waals surface area contributed by atoms with Gasteiger partial charge in [0.2, 0.25) is 0 Å². The van der Waals surface area contributed by atoms with Gasteiger partial charge in [0.15, 0.2) is 0 Å². The summed E-state index contributed by atoms with van der Waals surface area (Å²) in [4.78, 5) is 27.0. The Kier molecular flexibility index (Phi) is 5.17. The number of hydrazine groups is 1. The van der Waals surface area contributed by atoms with Gasteiger partial charge in [-0.2, -0.15) is 0 Å². The molecular weight excluding hydrogens is 304 g/mol. The first-order valence-electron chi connectivity index (χ1n) is 7.13. The molecule has 0 bridgehead atoms. The lowest BCUT2D eigenvalue weighted by atomic mass is 10.2. The van der Waals surface area contributed by atoms with Gasteiger partial charge in [-0.05, 0) is 26.3 Å². The maximum absolute atomic E-state index is 12.7. The highest BCUT2D eigenvalue weighted by molar-refractivity contribution is 7.18. The predicted molar refractivity (Wildman–Crippen MR) is 88.4 cm³/mol. The van der Waals surface area contributed by atoms with E-state index in [9.17, 15) is 9.59 Å². The molecule has 22 heavy (non-hydrogen) atoms. The Morgan fingerprint density at radius 3 is 2.59 bits per heavy atom. The summed E-state index contributed by atoms with van der Waals surface area (Å²) in [6.07, 6.45) is 0. The maximum Gasteiger partial charge on any atom is 0.332 e. The molecule has 122 valence electrons.